The van der Waals surface area contributed by atoms with E-state index in [0.29, 0.717) is 12.6 Å². The lowest BCUT2D eigenvalue weighted by atomic mass is 9.88. The van der Waals surface area contributed by atoms with Crippen LogP contribution in [0.5, 0.6) is 0 Å². The van der Waals surface area contributed by atoms with Crippen LogP contribution in [0.15, 0.2) is 0 Å². The Labute approximate surface area is 122 Å². The number of nitrogens with zero attached hydrogens (tertiary/aromatic N) is 1. The summed E-state index contributed by atoms with van der Waals surface area (Å²) in [4.78, 5) is 13.7. The van der Waals surface area contributed by atoms with Crippen molar-refractivity contribution in [2.45, 2.75) is 59.1 Å². The van der Waals surface area contributed by atoms with E-state index in [9.17, 15) is 9.90 Å². The SMILES string of the molecule is CCC(C)(CO)CNC1CCN(C(=O)OC(C)(C)C)C1. The minimum absolute atomic E-state index is 0.0840. The van der Waals surface area contributed by atoms with Gasteiger partial charge in [-0.25, -0.2) is 4.79 Å². The van der Waals surface area contributed by atoms with Gasteiger partial charge in [-0.15, -0.1) is 0 Å². The van der Waals surface area contributed by atoms with E-state index in [0.717, 1.165) is 25.9 Å². The van der Waals surface area contributed by atoms with Crippen LogP contribution in [-0.4, -0.2) is 54.0 Å². The molecule has 2 N–H and O–H groups in total. The molecule has 5 nitrogen and oxygen atoms in total. The van der Waals surface area contributed by atoms with Crippen LogP contribution in [0.25, 0.3) is 0 Å². The molecule has 0 aliphatic carbocycles. The van der Waals surface area contributed by atoms with Crippen molar-refractivity contribution >= 4 is 6.09 Å². The maximum absolute atomic E-state index is 12.0. The van der Waals surface area contributed by atoms with Gasteiger partial charge in [0.05, 0.1) is 0 Å². The predicted octanol–water partition coefficient (Wildman–Crippen LogP) is 1.99. The van der Waals surface area contributed by atoms with Crippen LogP contribution < -0.4 is 5.32 Å². The molecule has 20 heavy (non-hydrogen) atoms. The molecule has 5 heteroatoms. The van der Waals surface area contributed by atoms with Crippen LogP contribution in [0.1, 0.15) is 47.5 Å². The number of nitrogens with one attached hydrogen (secondary N) is 1. The maximum Gasteiger partial charge on any atom is 0.410 e. The molecule has 0 saturated carbocycles. The first-order valence-corrected chi connectivity index (χ1v) is 7.51. The van der Waals surface area contributed by atoms with Gasteiger partial charge in [0.25, 0.3) is 0 Å². The van der Waals surface area contributed by atoms with Crippen molar-refractivity contribution < 1.29 is 14.6 Å². The van der Waals surface area contributed by atoms with Gasteiger partial charge in [0.2, 0.25) is 0 Å². The van der Waals surface area contributed by atoms with Crippen LogP contribution in [0.4, 0.5) is 4.79 Å². The number of aliphatic hydroxyl groups excluding tert-OH is 1. The number of amides is 1. The van der Waals surface area contributed by atoms with Crippen molar-refractivity contribution in [2.75, 3.05) is 26.2 Å². The molecule has 1 saturated heterocycles. The number of likely N-dealkylation sites (tertiary alicyclic amines) is 1. The Morgan fingerprint density at radius 3 is 2.55 bits per heavy atom. The highest BCUT2D eigenvalue weighted by molar-refractivity contribution is 5.68. The smallest absolute Gasteiger partial charge is 0.410 e. The minimum Gasteiger partial charge on any atom is -0.444 e. The molecule has 1 amide bonds. The second kappa shape index (κ2) is 6.76. The first-order chi connectivity index (χ1) is 9.19. The van der Waals surface area contributed by atoms with Crippen LogP contribution >= 0.6 is 0 Å². The normalized spacial score (nSPS) is 22.7. The molecule has 2 unspecified atom stereocenters. The van der Waals surface area contributed by atoms with E-state index in [1.807, 2.05) is 20.8 Å². The summed E-state index contributed by atoms with van der Waals surface area (Å²) in [6, 6.07) is 0.292. The van der Waals surface area contributed by atoms with Gasteiger partial charge in [-0.1, -0.05) is 13.8 Å². The summed E-state index contributed by atoms with van der Waals surface area (Å²) in [5.41, 5.74) is -0.528. The van der Waals surface area contributed by atoms with Crippen molar-refractivity contribution in [1.82, 2.24) is 10.2 Å². The van der Waals surface area contributed by atoms with E-state index in [1.165, 1.54) is 0 Å². The maximum atomic E-state index is 12.0. The molecule has 0 radical (unpaired) electrons. The molecular weight excluding hydrogens is 256 g/mol. The zero-order chi connectivity index (χ0) is 15.4. The molecule has 0 aromatic heterocycles. The minimum atomic E-state index is -0.444. The molecule has 1 fully saturated rings. The zero-order valence-electron chi connectivity index (χ0n) is 13.5. The van der Waals surface area contributed by atoms with Gasteiger partial charge in [-0.05, 0) is 33.6 Å². The number of hydrogen-bond donors (Lipinski definition) is 2. The first-order valence-electron chi connectivity index (χ1n) is 7.51. The zero-order valence-corrected chi connectivity index (χ0v) is 13.5. The molecular formula is C15H30N2O3. The Kier molecular flexibility index (Phi) is 5.83. The van der Waals surface area contributed by atoms with Crippen LogP contribution in [-0.2, 0) is 4.74 Å². The van der Waals surface area contributed by atoms with Crippen molar-refractivity contribution in [3.05, 3.63) is 0 Å². The molecule has 1 aliphatic heterocycles. The van der Waals surface area contributed by atoms with E-state index in [2.05, 4.69) is 19.2 Å². The second-order valence-corrected chi connectivity index (χ2v) is 7.12. The molecule has 0 spiro atoms. The summed E-state index contributed by atoms with van der Waals surface area (Å²) in [5, 5.41) is 12.9. The van der Waals surface area contributed by atoms with Crippen molar-refractivity contribution in [3.63, 3.8) is 0 Å². The monoisotopic (exact) mass is 286 g/mol. The van der Waals surface area contributed by atoms with Gasteiger partial charge in [0.1, 0.15) is 5.60 Å². The molecule has 0 aromatic carbocycles. The molecule has 1 rings (SSSR count). The Hall–Kier alpha value is -0.810. The van der Waals surface area contributed by atoms with Gasteiger partial charge in [0.15, 0.2) is 0 Å². The third-order valence-electron chi connectivity index (χ3n) is 3.89. The number of ether oxygens (including phenoxy) is 1. The van der Waals surface area contributed by atoms with Crippen molar-refractivity contribution in [2.24, 2.45) is 5.41 Å². The number of carbonyl (C=O) groups is 1. The number of rotatable bonds is 5. The molecule has 1 heterocycles. The van der Waals surface area contributed by atoms with Crippen LogP contribution in [0, 0.1) is 5.41 Å². The van der Waals surface area contributed by atoms with Crippen molar-refractivity contribution in [1.29, 1.82) is 0 Å². The lowest BCUT2D eigenvalue weighted by Crippen LogP contribution is -2.42. The molecule has 2 atom stereocenters. The highest BCUT2D eigenvalue weighted by atomic mass is 16.6. The van der Waals surface area contributed by atoms with Gasteiger partial charge < -0.3 is 20.1 Å². The van der Waals surface area contributed by atoms with E-state index >= 15 is 0 Å². The summed E-state index contributed by atoms with van der Waals surface area (Å²) >= 11 is 0. The van der Waals surface area contributed by atoms with Gasteiger partial charge in [-0.2, -0.15) is 0 Å². The van der Waals surface area contributed by atoms with Gasteiger partial charge in [-0.3, -0.25) is 0 Å². The predicted molar refractivity (Wildman–Crippen MR) is 79.7 cm³/mol. The third kappa shape index (κ3) is 5.29. The average Bonchev–Trinajstić information content (AvgIpc) is 2.83. The van der Waals surface area contributed by atoms with Gasteiger partial charge >= 0.3 is 6.09 Å². The second-order valence-electron chi connectivity index (χ2n) is 7.12. The van der Waals surface area contributed by atoms with Crippen LogP contribution in [0.2, 0.25) is 0 Å². The molecule has 1 aliphatic rings. The summed E-state index contributed by atoms with van der Waals surface area (Å²) in [6.45, 7) is 12.2. The fourth-order valence-corrected chi connectivity index (χ4v) is 2.10. The largest absolute Gasteiger partial charge is 0.444 e. The summed E-state index contributed by atoms with van der Waals surface area (Å²) in [7, 11) is 0. The highest BCUT2D eigenvalue weighted by Gasteiger charge is 2.31. The summed E-state index contributed by atoms with van der Waals surface area (Å²) < 4.78 is 5.38. The quantitative estimate of drug-likeness (QED) is 0.811. The van der Waals surface area contributed by atoms with E-state index in [1.54, 1.807) is 4.90 Å². The molecule has 0 aromatic rings. The van der Waals surface area contributed by atoms with Crippen LogP contribution in [0.3, 0.4) is 0 Å². The Balaban J connectivity index is 2.38. The average molecular weight is 286 g/mol. The summed E-state index contributed by atoms with van der Waals surface area (Å²) in [5.74, 6) is 0. The van der Waals surface area contributed by atoms with E-state index in [4.69, 9.17) is 4.74 Å². The fraction of sp³-hybridized carbons (Fsp3) is 0.933. The van der Waals surface area contributed by atoms with E-state index < -0.39 is 5.60 Å². The number of carbonyl (C=O) groups excluding carboxylic acids is 1. The Morgan fingerprint density at radius 2 is 2.05 bits per heavy atom. The fourth-order valence-electron chi connectivity index (χ4n) is 2.10. The Morgan fingerprint density at radius 1 is 1.40 bits per heavy atom. The Bertz CT molecular complexity index is 322. The number of hydrogen-bond acceptors (Lipinski definition) is 4. The molecule has 0 bridgehead atoms. The lowest BCUT2D eigenvalue weighted by Gasteiger charge is -2.28. The third-order valence-corrected chi connectivity index (χ3v) is 3.89. The highest BCUT2D eigenvalue weighted by Crippen LogP contribution is 2.20. The lowest BCUT2D eigenvalue weighted by molar-refractivity contribution is 0.0290. The number of aliphatic hydroxyl groups is 1. The topological polar surface area (TPSA) is 61.8 Å². The molecule has 118 valence electrons. The van der Waals surface area contributed by atoms with Gasteiger partial charge in [0, 0.05) is 37.7 Å². The first kappa shape index (κ1) is 17.2. The summed E-state index contributed by atoms with van der Waals surface area (Å²) in [6.07, 6.45) is 1.63. The van der Waals surface area contributed by atoms with E-state index in [-0.39, 0.29) is 18.1 Å². The standard InChI is InChI=1S/C15H30N2O3/c1-6-15(5,11-18)10-16-12-7-8-17(9-12)13(19)20-14(2,3)4/h12,16,18H,6-11H2,1-5H3. The van der Waals surface area contributed by atoms with Crippen molar-refractivity contribution in [3.8, 4) is 0 Å².